The number of nitriles is 3. The number of nitrogens with zero attached hydrogens (tertiary/aromatic N) is 4. The van der Waals surface area contributed by atoms with Crippen LogP contribution in [-0.4, -0.2) is 12.6 Å². The fraction of sp³-hybridized carbons (Fsp3) is 0. The van der Waals surface area contributed by atoms with Crippen molar-refractivity contribution in [3.8, 4) is 35.0 Å². The maximum Gasteiger partial charge on any atom is 0.180 e. The Hall–Kier alpha value is -6.97. The van der Waals surface area contributed by atoms with E-state index in [1.165, 1.54) is 15.6 Å². The van der Waals surface area contributed by atoms with Gasteiger partial charge in [-0.25, -0.2) is 0 Å². The predicted molar refractivity (Wildman–Crippen MR) is 204 cm³/mol. The largest absolute Gasteiger partial charge is 0.309 e. The molecule has 5 heteroatoms. The maximum absolute atomic E-state index is 10.0. The van der Waals surface area contributed by atoms with Crippen molar-refractivity contribution in [3.63, 3.8) is 0 Å². The van der Waals surface area contributed by atoms with Gasteiger partial charge in [0.2, 0.25) is 0 Å². The van der Waals surface area contributed by atoms with Gasteiger partial charge in [0.05, 0.1) is 45.9 Å². The summed E-state index contributed by atoms with van der Waals surface area (Å²) in [4.78, 5) is 0. The number of hydrogen-bond acceptors (Lipinski definition) is 3. The Morgan fingerprint density at radius 2 is 0.940 bits per heavy atom. The topological polar surface area (TPSA) is 76.3 Å². The summed E-state index contributed by atoms with van der Waals surface area (Å²) in [6.45, 7) is 0. The monoisotopic (exact) mass is 652 g/mol. The summed E-state index contributed by atoms with van der Waals surface area (Å²) in [5.74, 6) is 0. The second kappa shape index (κ2) is 12.6. The Morgan fingerprint density at radius 3 is 1.54 bits per heavy atom. The summed E-state index contributed by atoms with van der Waals surface area (Å²) >= 11 is 0. The third-order valence-electron chi connectivity index (χ3n) is 9.61. The van der Waals surface area contributed by atoms with Gasteiger partial charge >= 0.3 is 0 Å². The molecule has 0 saturated heterocycles. The lowest BCUT2D eigenvalue weighted by Gasteiger charge is -2.36. The summed E-state index contributed by atoms with van der Waals surface area (Å²) < 4.78 is 2.22. The lowest BCUT2D eigenvalue weighted by atomic mass is 10.0. The molecule has 0 bridgehead atoms. The Kier molecular flexibility index (Phi) is 7.63. The Balaban J connectivity index is 1.42. The molecule has 0 amide bonds. The Labute approximate surface area is 291 Å². The van der Waals surface area contributed by atoms with Crippen LogP contribution in [0.15, 0.2) is 170 Å². The third-order valence-corrected chi connectivity index (χ3v) is 14.4. The fourth-order valence-corrected chi connectivity index (χ4v) is 12.5. The van der Waals surface area contributed by atoms with E-state index in [-0.39, 0.29) is 0 Å². The molecule has 0 radical (unpaired) electrons. The van der Waals surface area contributed by atoms with Crippen LogP contribution in [0.5, 0.6) is 0 Å². The van der Waals surface area contributed by atoms with Crippen LogP contribution in [0, 0.1) is 34.0 Å². The van der Waals surface area contributed by atoms with E-state index < -0.39 is 8.07 Å². The normalized spacial score (nSPS) is 11.1. The van der Waals surface area contributed by atoms with E-state index in [0.29, 0.717) is 16.7 Å². The van der Waals surface area contributed by atoms with Crippen molar-refractivity contribution in [1.29, 1.82) is 15.8 Å². The number of rotatable bonds is 6. The molecule has 8 rings (SSSR count). The highest BCUT2D eigenvalue weighted by atomic mass is 28.3. The SMILES string of the molecule is N#Cc1cccc([Si](c2ccccc2)(c2ccccc2)c2ccccc2-c2cccc(-n3c4ccc(C#N)cc4c4cc(C#N)ccc43)c2)c1. The van der Waals surface area contributed by atoms with Crippen LogP contribution >= 0.6 is 0 Å². The van der Waals surface area contributed by atoms with E-state index in [4.69, 9.17) is 0 Å². The zero-order valence-corrected chi connectivity index (χ0v) is 28.0. The van der Waals surface area contributed by atoms with Crippen LogP contribution < -0.4 is 20.7 Å². The second-order valence-electron chi connectivity index (χ2n) is 12.3. The third kappa shape index (κ3) is 4.88. The van der Waals surface area contributed by atoms with Crippen LogP contribution in [0.25, 0.3) is 38.6 Å². The summed E-state index contributed by atoms with van der Waals surface area (Å²) in [7, 11) is -2.99. The molecule has 0 fully saturated rings. The Bertz CT molecular complexity index is 2580. The molecular formula is C45H28N4Si. The van der Waals surface area contributed by atoms with Gasteiger partial charge in [-0.05, 0) is 92.5 Å². The number of fused-ring (bicyclic) bond motifs is 3. The van der Waals surface area contributed by atoms with Crippen molar-refractivity contribution in [3.05, 3.63) is 187 Å². The first-order chi connectivity index (χ1) is 24.6. The first-order valence-corrected chi connectivity index (χ1v) is 18.4. The number of hydrogen-bond donors (Lipinski definition) is 0. The van der Waals surface area contributed by atoms with Crippen molar-refractivity contribution < 1.29 is 0 Å². The van der Waals surface area contributed by atoms with E-state index in [1.54, 1.807) is 0 Å². The van der Waals surface area contributed by atoms with Crippen molar-refractivity contribution in [2.24, 2.45) is 0 Å². The van der Waals surface area contributed by atoms with Gasteiger partial charge in [-0.1, -0.05) is 109 Å². The molecule has 50 heavy (non-hydrogen) atoms. The molecule has 0 atom stereocenters. The van der Waals surface area contributed by atoms with Crippen LogP contribution in [0.4, 0.5) is 0 Å². The molecule has 232 valence electrons. The van der Waals surface area contributed by atoms with E-state index in [1.807, 2.05) is 48.5 Å². The van der Waals surface area contributed by atoms with E-state index in [9.17, 15) is 15.8 Å². The van der Waals surface area contributed by atoms with Gasteiger partial charge < -0.3 is 4.57 Å². The van der Waals surface area contributed by atoms with Crippen LogP contribution in [0.3, 0.4) is 0 Å². The van der Waals surface area contributed by atoms with Crippen molar-refractivity contribution >= 4 is 50.6 Å². The van der Waals surface area contributed by atoms with Gasteiger partial charge in [0.15, 0.2) is 8.07 Å². The quantitative estimate of drug-likeness (QED) is 0.138. The van der Waals surface area contributed by atoms with E-state index in [2.05, 4.69) is 144 Å². The molecule has 0 spiro atoms. The second-order valence-corrected chi connectivity index (χ2v) is 16.1. The summed E-state index contributed by atoms with van der Waals surface area (Å²) in [5, 5.41) is 36.1. The highest BCUT2D eigenvalue weighted by Crippen LogP contribution is 2.34. The fourth-order valence-electron chi connectivity index (χ4n) is 7.48. The lowest BCUT2D eigenvalue weighted by molar-refractivity contribution is 1.18. The van der Waals surface area contributed by atoms with Gasteiger partial charge in [-0.15, -0.1) is 0 Å². The molecule has 4 nitrogen and oxygen atoms in total. The molecule has 1 aromatic heterocycles. The standard InChI is InChI=1S/C45H28N4Si/c46-29-32-11-9-18-39(25-32)50(37-14-3-1-4-15-37,38-16-5-2-6-17-38)45-20-8-7-19-40(45)35-12-10-13-36(28-35)49-43-23-21-33(30-47)26-41(43)42-27-34(31-48)22-24-44(42)49/h1-28H. The van der Waals surface area contributed by atoms with Gasteiger partial charge in [-0.2, -0.15) is 15.8 Å². The summed E-state index contributed by atoms with van der Waals surface area (Å²) in [6, 6.07) is 65.3. The minimum absolute atomic E-state index is 0.574. The summed E-state index contributed by atoms with van der Waals surface area (Å²) in [6.07, 6.45) is 0. The molecule has 0 saturated carbocycles. The molecule has 0 N–H and O–H groups in total. The van der Waals surface area contributed by atoms with Gasteiger partial charge in [-0.3, -0.25) is 0 Å². The molecule has 0 aliphatic heterocycles. The first kappa shape index (κ1) is 30.4. The van der Waals surface area contributed by atoms with Crippen LogP contribution in [0.1, 0.15) is 16.7 Å². The first-order valence-electron chi connectivity index (χ1n) is 16.4. The molecular weight excluding hydrogens is 625 g/mol. The highest BCUT2D eigenvalue weighted by Gasteiger charge is 2.43. The zero-order chi connectivity index (χ0) is 34.1. The molecule has 0 aliphatic rings. The number of aromatic nitrogens is 1. The summed E-state index contributed by atoms with van der Waals surface area (Å²) in [5.41, 5.74) is 6.87. The van der Waals surface area contributed by atoms with Crippen molar-refractivity contribution in [2.75, 3.05) is 0 Å². The van der Waals surface area contributed by atoms with Gasteiger partial charge in [0.1, 0.15) is 0 Å². The van der Waals surface area contributed by atoms with E-state index >= 15 is 0 Å². The van der Waals surface area contributed by atoms with Gasteiger partial charge in [0, 0.05) is 16.5 Å². The lowest BCUT2D eigenvalue weighted by Crippen LogP contribution is -2.75. The predicted octanol–water partition coefficient (Wildman–Crippen LogP) is 7.44. The number of benzene rings is 7. The molecule has 0 aliphatic carbocycles. The molecule has 7 aromatic carbocycles. The van der Waals surface area contributed by atoms with Crippen molar-refractivity contribution in [1.82, 2.24) is 4.57 Å². The zero-order valence-electron chi connectivity index (χ0n) is 27.0. The van der Waals surface area contributed by atoms with Gasteiger partial charge in [0.25, 0.3) is 0 Å². The average molecular weight is 653 g/mol. The van der Waals surface area contributed by atoms with Crippen LogP contribution in [0.2, 0.25) is 0 Å². The molecule has 0 unspecified atom stereocenters. The Morgan fingerprint density at radius 1 is 0.420 bits per heavy atom. The van der Waals surface area contributed by atoms with Crippen LogP contribution in [-0.2, 0) is 0 Å². The minimum Gasteiger partial charge on any atom is -0.309 e. The average Bonchev–Trinajstić information content (AvgIpc) is 3.52. The highest BCUT2D eigenvalue weighted by molar-refractivity contribution is 7.20. The molecule has 8 aromatic rings. The minimum atomic E-state index is -2.99. The van der Waals surface area contributed by atoms with Crippen molar-refractivity contribution in [2.45, 2.75) is 0 Å². The maximum atomic E-state index is 10.0. The van der Waals surface area contributed by atoms with E-state index in [0.717, 1.165) is 43.8 Å². The smallest absolute Gasteiger partial charge is 0.180 e. The molecule has 1 heterocycles.